The summed E-state index contributed by atoms with van der Waals surface area (Å²) in [6.45, 7) is 9.40. The van der Waals surface area contributed by atoms with Crippen molar-refractivity contribution in [2.24, 2.45) is 11.8 Å². The summed E-state index contributed by atoms with van der Waals surface area (Å²) < 4.78 is 67.8. The SMILES string of the molecule is CCCCCCCCCCCC(=O)OC[C@H](COP(=O)(O)OC[C@H](O)COP(=O)(O)OC[C@@H](COC(=O)CCCCCCCCC(C)CC)OC(=O)CCCCCCCCCCCCC(C)C)OC(=O)CCCCCCCCCCC. The minimum atomic E-state index is -4.94. The summed E-state index contributed by atoms with van der Waals surface area (Å²) in [6, 6.07) is 0. The maximum absolute atomic E-state index is 13.0. The van der Waals surface area contributed by atoms with Gasteiger partial charge in [0.2, 0.25) is 0 Å². The second-order valence-corrected chi connectivity index (χ2v) is 26.1. The van der Waals surface area contributed by atoms with Crippen molar-refractivity contribution >= 4 is 39.5 Å². The molecule has 3 unspecified atom stereocenters. The summed E-state index contributed by atoms with van der Waals surface area (Å²) in [5, 5.41) is 10.5. The third-order valence-electron chi connectivity index (χ3n) is 14.6. The van der Waals surface area contributed by atoms with Gasteiger partial charge < -0.3 is 33.8 Å². The number of ether oxygens (including phenoxy) is 4. The van der Waals surface area contributed by atoms with Crippen LogP contribution in [0.1, 0.15) is 305 Å². The molecule has 480 valence electrons. The number of esters is 4. The van der Waals surface area contributed by atoms with Gasteiger partial charge in [0.05, 0.1) is 26.4 Å². The van der Waals surface area contributed by atoms with Crippen molar-refractivity contribution in [3.63, 3.8) is 0 Å². The lowest BCUT2D eigenvalue weighted by molar-refractivity contribution is -0.161. The Balaban J connectivity index is 5.23. The molecule has 0 heterocycles. The van der Waals surface area contributed by atoms with E-state index in [1.165, 1.54) is 116 Å². The molecule has 0 aliphatic carbocycles. The molecule has 0 radical (unpaired) electrons. The largest absolute Gasteiger partial charge is 0.472 e. The van der Waals surface area contributed by atoms with Gasteiger partial charge in [-0.1, -0.05) is 253 Å². The van der Waals surface area contributed by atoms with Gasteiger partial charge in [0.1, 0.15) is 19.3 Å². The summed E-state index contributed by atoms with van der Waals surface area (Å²) in [7, 11) is -9.88. The molecule has 0 rings (SSSR count). The quantitative estimate of drug-likeness (QED) is 0.0222. The zero-order valence-corrected chi connectivity index (χ0v) is 53.9. The number of hydrogen-bond donors (Lipinski definition) is 3. The summed E-state index contributed by atoms with van der Waals surface area (Å²) >= 11 is 0. The molecule has 0 aromatic carbocycles. The Morgan fingerprint density at radius 2 is 0.630 bits per heavy atom. The molecule has 0 aliphatic rings. The number of aliphatic hydroxyl groups excluding tert-OH is 1. The Labute approximate surface area is 492 Å². The zero-order chi connectivity index (χ0) is 60.1. The van der Waals surface area contributed by atoms with Crippen molar-refractivity contribution in [1.29, 1.82) is 0 Å². The molecule has 0 saturated heterocycles. The molecular weight excluding hydrogens is 1080 g/mol. The van der Waals surface area contributed by atoms with Crippen LogP contribution in [-0.2, 0) is 65.4 Å². The normalized spacial score (nSPS) is 14.7. The zero-order valence-electron chi connectivity index (χ0n) is 52.1. The van der Waals surface area contributed by atoms with E-state index in [0.717, 1.165) is 108 Å². The van der Waals surface area contributed by atoms with Gasteiger partial charge in [0.25, 0.3) is 0 Å². The molecule has 0 aromatic rings. The number of aliphatic hydroxyl groups is 1. The average molecular weight is 1200 g/mol. The lowest BCUT2D eigenvalue weighted by Gasteiger charge is -2.21. The van der Waals surface area contributed by atoms with Gasteiger partial charge in [-0.3, -0.25) is 37.3 Å². The van der Waals surface area contributed by atoms with E-state index in [-0.39, 0.29) is 25.7 Å². The van der Waals surface area contributed by atoms with Gasteiger partial charge in [-0.05, 0) is 37.5 Å². The highest BCUT2D eigenvalue weighted by Crippen LogP contribution is 2.45. The van der Waals surface area contributed by atoms with Crippen LogP contribution in [0.3, 0.4) is 0 Å². The van der Waals surface area contributed by atoms with Crippen molar-refractivity contribution < 1.29 is 80.2 Å². The lowest BCUT2D eigenvalue weighted by Crippen LogP contribution is -2.30. The van der Waals surface area contributed by atoms with Gasteiger partial charge in [-0.2, -0.15) is 0 Å². The van der Waals surface area contributed by atoms with Crippen LogP contribution in [0.5, 0.6) is 0 Å². The van der Waals surface area contributed by atoms with Gasteiger partial charge in [-0.25, -0.2) is 9.13 Å². The first-order valence-electron chi connectivity index (χ1n) is 32.5. The monoisotopic (exact) mass is 1200 g/mol. The Morgan fingerprint density at radius 3 is 0.938 bits per heavy atom. The number of carbonyl (C=O) groups excluding carboxylic acids is 4. The molecule has 3 N–H and O–H groups in total. The Morgan fingerprint density at radius 1 is 0.358 bits per heavy atom. The Bertz CT molecular complexity index is 1600. The van der Waals surface area contributed by atoms with Crippen LogP contribution < -0.4 is 0 Å². The Hall–Kier alpha value is -1.94. The van der Waals surface area contributed by atoms with E-state index in [1.807, 2.05) is 0 Å². The highest BCUT2D eigenvalue weighted by molar-refractivity contribution is 7.47. The number of hydrogen-bond acceptors (Lipinski definition) is 15. The molecule has 0 aromatic heterocycles. The van der Waals surface area contributed by atoms with Gasteiger partial charge in [0, 0.05) is 25.7 Å². The Kier molecular flexibility index (Phi) is 53.4. The van der Waals surface area contributed by atoms with Gasteiger partial charge >= 0.3 is 39.5 Å². The summed E-state index contributed by atoms with van der Waals surface area (Å²) in [6.07, 6.45) is 36.2. The first kappa shape index (κ1) is 79.1. The fraction of sp³-hybridized carbons (Fsp3) is 0.935. The fourth-order valence-corrected chi connectivity index (χ4v) is 10.7. The van der Waals surface area contributed by atoms with Crippen LogP contribution in [0.25, 0.3) is 0 Å². The predicted molar refractivity (Wildman–Crippen MR) is 321 cm³/mol. The standard InChI is InChI=1S/C62H120O17P2/c1-7-10-12-14-16-20-25-32-38-44-59(64)72-50-57(78-61(66)46-40-34-26-21-17-15-13-11-8-2)52-76-80(68,69)74-48-56(63)49-75-81(70,71)77-53-58(51-73-60(65)45-39-33-29-28-31-37-43-55(6)9-3)79-62(67)47-41-35-27-23-19-18-22-24-30-36-42-54(4)5/h54-58,63H,7-53H2,1-6H3,(H,68,69)(H,70,71)/t55?,56-,57+,58+/m0/s1. The van der Waals surface area contributed by atoms with Crippen LogP contribution in [-0.4, -0.2) is 96.7 Å². The van der Waals surface area contributed by atoms with Crippen LogP contribution in [0.15, 0.2) is 0 Å². The van der Waals surface area contributed by atoms with Gasteiger partial charge in [0.15, 0.2) is 12.2 Å². The van der Waals surface area contributed by atoms with Gasteiger partial charge in [-0.15, -0.1) is 0 Å². The van der Waals surface area contributed by atoms with Crippen molar-refractivity contribution in [3.05, 3.63) is 0 Å². The predicted octanol–water partition coefficient (Wildman–Crippen LogP) is 16.9. The number of carbonyl (C=O) groups is 4. The fourth-order valence-electron chi connectivity index (χ4n) is 9.15. The first-order valence-corrected chi connectivity index (χ1v) is 35.5. The van der Waals surface area contributed by atoms with E-state index in [1.54, 1.807) is 0 Å². The molecule has 17 nitrogen and oxygen atoms in total. The number of phosphoric ester groups is 2. The summed E-state index contributed by atoms with van der Waals surface area (Å²) in [4.78, 5) is 72.0. The van der Waals surface area contributed by atoms with E-state index in [4.69, 9.17) is 37.0 Å². The summed E-state index contributed by atoms with van der Waals surface area (Å²) in [5.41, 5.74) is 0. The van der Waals surface area contributed by atoms with Crippen LogP contribution >= 0.6 is 15.6 Å². The maximum Gasteiger partial charge on any atom is 0.472 e. The highest BCUT2D eigenvalue weighted by Gasteiger charge is 2.30. The lowest BCUT2D eigenvalue weighted by atomic mass is 10.00. The summed E-state index contributed by atoms with van der Waals surface area (Å²) in [5.74, 6) is -0.656. The molecule has 0 spiro atoms. The molecule has 0 aliphatic heterocycles. The second-order valence-electron chi connectivity index (χ2n) is 23.2. The van der Waals surface area contributed by atoms with Crippen LogP contribution in [0.2, 0.25) is 0 Å². The van der Waals surface area contributed by atoms with E-state index in [0.29, 0.717) is 25.7 Å². The second kappa shape index (κ2) is 54.7. The van der Waals surface area contributed by atoms with E-state index < -0.39 is 97.5 Å². The van der Waals surface area contributed by atoms with Crippen LogP contribution in [0, 0.1) is 11.8 Å². The first-order chi connectivity index (χ1) is 38.9. The van der Waals surface area contributed by atoms with Crippen LogP contribution in [0.4, 0.5) is 0 Å². The number of phosphoric acid groups is 2. The third-order valence-corrected chi connectivity index (χ3v) is 16.5. The van der Waals surface area contributed by atoms with Crippen molar-refractivity contribution in [3.8, 4) is 0 Å². The minimum Gasteiger partial charge on any atom is -0.462 e. The highest BCUT2D eigenvalue weighted by atomic mass is 31.2. The number of rotatable bonds is 61. The topological polar surface area (TPSA) is 237 Å². The van der Waals surface area contributed by atoms with Crippen molar-refractivity contribution in [2.45, 2.75) is 323 Å². The van der Waals surface area contributed by atoms with E-state index in [2.05, 4.69) is 41.5 Å². The molecule has 19 heteroatoms. The van der Waals surface area contributed by atoms with Crippen molar-refractivity contribution in [1.82, 2.24) is 0 Å². The number of unbranched alkanes of at least 4 members (excludes halogenated alkanes) is 30. The molecular formula is C62H120O17P2. The minimum absolute atomic E-state index is 0.105. The smallest absolute Gasteiger partial charge is 0.462 e. The maximum atomic E-state index is 13.0. The molecule has 6 atom stereocenters. The molecule has 0 saturated carbocycles. The molecule has 0 amide bonds. The van der Waals surface area contributed by atoms with E-state index >= 15 is 0 Å². The van der Waals surface area contributed by atoms with Crippen molar-refractivity contribution in [2.75, 3.05) is 39.6 Å². The molecule has 0 bridgehead atoms. The average Bonchev–Trinajstić information content (AvgIpc) is 3.43. The van der Waals surface area contributed by atoms with E-state index in [9.17, 15) is 43.2 Å². The third kappa shape index (κ3) is 55.7. The molecule has 0 fully saturated rings. The molecule has 81 heavy (non-hydrogen) atoms.